The number of hydrogen-bond donors (Lipinski definition) is 2. The predicted octanol–water partition coefficient (Wildman–Crippen LogP) is 6.75. The monoisotopic (exact) mass is 501 g/mol. The van der Waals surface area contributed by atoms with Gasteiger partial charge in [-0.05, 0) is 43.5 Å². The average Bonchev–Trinajstić information content (AvgIpc) is 2.94. The van der Waals surface area contributed by atoms with Crippen LogP contribution in [0, 0.1) is 0 Å². The van der Waals surface area contributed by atoms with Crippen LogP contribution >= 0.6 is 0 Å². The molecule has 0 radical (unpaired) electrons. The first-order chi connectivity index (χ1) is 17.5. The Morgan fingerprint density at radius 1 is 0.611 bits per heavy atom. The molecule has 1 heterocycles. The molecule has 1 aromatic carbocycles. The van der Waals surface area contributed by atoms with E-state index in [0.29, 0.717) is 17.0 Å². The van der Waals surface area contributed by atoms with Crippen LogP contribution in [0.15, 0.2) is 24.3 Å². The maximum Gasteiger partial charge on any atom is 0.248 e. The van der Waals surface area contributed by atoms with E-state index in [4.69, 9.17) is 11.5 Å². The van der Waals surface area contributed by atoms with Gasteiger partial charge in [0, 0.05) is 30.6 Å². The molecule has 36 heavy (non-hydrogen) atoms. The van der Waals surface area contributed by atoms with E-state index in [1.165, 1.54) is 127 Å². The molecule has 1 aliphatic rings. The van der Waals surface area contributed by atoms with Crippen molar-refractivity contribution in [3.05, 3.63) is 35.4 Å². The van der Waals surface area contributed by atoms with Gasteiger partial charge < -0.3 is 16.4 Å². The highest BCUT2D eigenvalue weighted by atomic mass is 16.2. The van der Waals surface area contributed by atoms with Gasteiger partial charge in [0.05, 0.1) is 0 Å². The SMILES string of the molecule is CCCCCCCCCCCC(=O)N1CCCCCCCCCC1.NC(=O)c1ccc(C(N)=O)cc1. The zero-order valence-corrected chi connectivity index (χ0v) is 22.8. The Balaban J connectivity index is 0.000000450. The van der Waals surface area contributed by atoms with Crippen LogP contribution in [0.4, 0.5) is 0 Å². The number of carbonyl (C=O) groups excluding carboxylic acids is 3. The molecule has 0 aliphatic carbocycles. The fourth-order valence-electron chi connectivity index (χ4n) is 4.57. The smallest absolute Gasteiger partial charge is 0.248 e. The van der Waals surface area contributed by atoms with Crippen LogP contribution in [0.1, 0.15) is 143 Å². The van der Waals surface area contributed by atoms with Gasteiger partial charge in [-0.15, -0.1) is 0 Å². The van der Waals surface area contributed by atoms with Crippen LogP contribution < -0.4 is 11.5 Å². The molecule has 4 N–H and O–H groups in total. The third-order valence-corrected chi connectivity index (χ3v) is 6.91. The molecule has 1 fully saturated rings. The number of nitrogens with two attached hydrogens (primary N) is 2. The normalized spacial score (nSPS) is 14.8. The molecule has 1 aliphatic heterocycles. The second kappa shape index (κ2) is 20.8. The second-order valence-corrected chi connectivity index (χ2v) is 10.1. The van der Waals surface area contributed by atoms with Crippen molar-refractivity contribution in [2.24, 2.45) is 11.5 Å². The van der Waals surface area contributed by atoms with Crippen molar-refractivity contribution >= 4 is 17.7 Å². The van der Waals surface area contributed by atoms with Crippen LogP contribution in [0.3, 0.4) is 0 Å². The molecule has 0 unspecified atom stereocenters. The molecule has 0 aromatic heterocycles. The Kier molecular flexibility index (Phi) is 18.3. The van der Waals surface area contributed by atoms with Gasteiger partial charge in [-0.2, -0.15) is 0 Å². The third-order valence-electron chi connectivity index (χ3n) is 6.91. The minimum atomic E-state index is -0.522. The van der Waals surface area contributed by atoms with E-state index in [1.807, 2.05) is 0 Å². The molecule has 0 spiro atoms. The number of primary amides is 2. The van der Waals surface area contributed by atoms with E-state index in [2.05, 4.69) is 11.8 Å². The molecule has 0 saturated carbocycles. The van der Waals surface area contributed by atoms with Gasteiger partial charge in [0.1, 0.15) is 0 Å². The van der Waals surface area contributed by atoms with Gasteiger partial charge in [-0.1, -0.05) is 96.8 Å². The van der Waals surface area contributed by atoms with Crippen molar-refractivity contribution in [2.45, 2.75) is 122 Å². The Labute approximate surface area is 219 Å². The molecule has 6 nitrogen and oxygen atoms in total. The van der Waals surface area contributed by atoms with Gasteiger partial charge in [0.2, 0.25) is 17.7 Å². The van der Waals surface area contributed by atoms with Crippen molar-refractivity contribution in [2.75, 3.05) is 13.1 Å². The number of rotatable bonds is 12. The third kappa shape index (κ3) is 15.6. The van der Waals surface area contributed by atoms with Crippen molar-refractivity contribution < 1.29 is 14.4 Å². The molecule has 0 atom stereocenters. The van der Waals surface area contributed by atoms with E-state index >= 15 is 0 Å². The maximum absolute atomic E-state index is 12.5. The molecule has 2 rings (SSSR count). The van der Waals surface area contributed by atoms with Crippen molar-refractivity contribution in [1.29, 1.82) is 0 Å². The summed E-state index contributed by atoms with van der Waals surface area (Å²) >= 11 is 0. The molecule has 0 bridgehead atoms. The fourth-order valence-corrected chi connectivity index (χ4v) is 4.57. The van der Waals surface area contributed by atoms with Gasteiger partial charge >= 0.3 is 0 Å². The zero-order chi connectivity index (χ0) is 26.4. The van der Waals surface area contributed by atoms with Gasteiger partial charge in [0.15, 0.2) is 0 Å². The van der Waals surface area contributed by atoms with Crippen molar-refractivity contribution in [3.8, 4) is 0 Å². The summed E-state index contributed by atoms with van der Waals surface area (Å²) in [5.74, 6) is -0.616. The number of nitrogens with zero attached hydrogens (tertiary/aromatic N) is 1. The summed E-state index contributed by atoms with van der Waals surface area (Å²) in [6.45, 7) is 4.29. The lowest BCUT2D eigenvalue weighted by atomic mass is 10.1. The highest BCUT2D eigenvalue weighted by Gasteiger charge is 2.13. The highest BCUT2D eigenvalue weighted by molar-refractivity contribution is 5.96. The van der Waals surface area contributed by atoms with Gasteiger partial charge in [-0.25, -0.2) is 0 Å². The second-order valence-electron chi connectivity index (χ2n) is 10.1. The zero-order valence-electron chi connectivity index (χ0n) is 22.8. The first-order valence-corrected chi connectivity index (χ1v) is 14.4. The molecule has 3 amide bonds. The Hall–Kier alpha value is -2.37. The van der Waals surface area contributed by atoms with Crippen molar-refractivity contribution in [1.82, 2.24) is 4.90 Å². The molecular weight excluding hydrogens is 450 g/mol. The molecule has 1 saturated heterocycles. The minimum absolute atomic E-state index is 0.361. The highest BCUT2D eigenvalue weighted by Crippen LogP contribution is 2.15. The topological polar surface area (TPSA) is 106 Å². The molecular formula is C30H51N3O3. The molecule has 1 aromatic rings. The van der Waals surface area contributed by atoms with E-state index < -0.39 is 11.8 Å². The van der Waals surface area contributed by atoms with Crippen molar-refractivity contribution in [3.63, 3.8) is 0 Å². The Morgan fingerprint density at radius 2 is 0.972 bits per heavy atom. The summed E-state index contributed by atoms with van der Waals surface area (Å²) < 4.78 is 0. The molecule has 204 valence electrons. The van der Waals surface area contributed by atoms with E-state index in [1.54, 1.807) is 0 Å². The summed E-state index contributed by atoms with van der Waals surface area (Å²) in [4.78, 5) is 35.8. The number of carbonyl (C=O) groups is 3. The van der Waals surface area contributed by atoms with E-state index in [0.717, 1.165) is 25.9 Å². The van der Waals surface area contributed by atoms with Crippen LogP contribution in [0.2, 0.25) is 0 Å². The van der Waals surface area contributed by atoms with Crippen LogP contribution in [0.5, 0.6) is 0 Å². The summed E-state index contributed by atoms with van der Waals surface area (Å²) in [7, 11) is 0. The number of hydrogen-bond acceptors (Lipinski definition) is 3. The quantitative estimate of drug-likeness (QED) is 0.309. The predicted molar refractivity (Wildman–Crippen MR) is 149 cm³/mol. The van der Waals surface area contributed by atoms with Gasteiger partial charge in [0.25, 0.3) is 0 Å². The lowest BCUT2D eigenvalue weighted by Crippen LogP contribution is -2.32. The van der Waals surface area contributed by atoms with E-state index in [-0.39, 0.29) is 0 Å². The minimum Gasteiger partial charge on any atom is -0.366 e. The summed E-state index contributed by atoms with van der Waals surface area (Å²) in [5.41, 5.74) is 10.7. The van der Waals surface area contributed by atoms with Crippen LogP contribution in [-0.2, 0) is 4.79 Å². The standard InChI is InChI=1S/C22H43NO.C8H8N2O2/c1-2-3-4-5-6-7-10-13-16-19-22(24)23-20-17-14-11-8-9-12-15-18-21-23;9-7(11)5-1-2-6(4-3-5)8(10)12/h2-21H2,1H3;1-4H,(H2,9,11)(H2,10,12). The fraction of sp³-hybridized carbons (Fsp3) is 0.700. The van der Waals surface area contributed by atoms with E-state index in [9.17, 15) is 14.4 Å². The van der Waals surface area contributed by atoms with Gasteiger partial charge in [-0.3, -0.25) is 14.4 Å². The van der Waals surface area contributed by atoms with Crippen LogP contribution in [0.25, 0.3) is 0 Å². The maximum atomic E-state index is 12.5. The first-order valence-electron chi connectivity index (χ1n) is 14.4. The summed E-state index contributed by atoms with van der Waals surface area (Å²) in [6.07, 6.45) is 23.3. The Bertz CT molecular complexity index is 688. The summed E-state index contributed by atoms with van der Waals surface area (Å²) in [5, 5.41) is 0. The first kappa shape index (κ1) is 31.7. The number of benzene rings is 1. The average molecular weight is 502 g/mol. The molecule has 6 heteroatoms. The summed E-state index contributed by atoms with van der Waals surface area (Å²) in [6, 6.07) is 5.84. The lowest BCUT2D eigenvalue weighted by Gasteiger charge is -2.22. The van der Waals surface area contributed by atoms with Crippen LogP contribution in [-0.4, -0.2) is 35.7 Å². The largest absolute Gasteiger partial charge is 0.366 e. The number of amides is 3. The lowest BCUT2D eigenvalue weighted by molar-refractivity contribution is -0.131. The number of unbranched alkanes of at least 4 members (excludes halogenated alkanes) is 8. The Morgan fingerprint density at radius 3 is 1.36 bits per heavy atom.